The van der Waals surface area contributed by atoms with E-state index < -0.39 is 0 Å². The predicted molar refractivity (Wildman–Crippen MR) is 107 cm³/mol. The molecule has 0 atom stereocenters. The summed E-state index contributed by atoms with van der Waals surface area (Å²) in [6.45, 7) is 2.89. The van der Waals surface area contributed by atoms with E-state index in [0.29, 0.717) is 6.04 Å². The van der Waals surface area contributed by atoms with Gasteiger partial charge in [-0.2, -0.15) is 0 Å². The number of halogens is 1. The number of aromatic nitrogens is 2. The van der Waals surface area contributed by atoms with Crippen LogP contribution in [0, 0.1) is 5.82 Å². The zero-order valence-corrected chi connectivity index (χ0v) is 15.6. The zero-order valence-electron chi connectivity index (χ0n) is 15.6. The molecule has 0 saturated carbocycles. The highest BCUT2D eigenvalue weighted by Gasteiger charge is 2.19. The first-order chi connectivity index (χ1) is 13.2. The Kier molecular flexibility index (Phi) is 5.21. The molecule has 0 unspecified atom stereocenters. The highest BCUT2D eigenvalue weighted by atomic mass is 19.1. The molecular formula is C22H25FN4. The van der Waals surface area contributed by atoms with Crippen molar-refractivity contribution < 1.29 is 4.39 Å². The second kappa shape index (κ2) is 7.92. The van der Waals surface area contributed by atoms with Crippen molar-refractivity contribution in [3.8, 4) is 11.1 Å². The number of hydrogen-bond acceptors (Lipinski definition) is 3. The summed E-state index contributed by atoms with van der Waals surface area (Å²) >= 11 is 0. The molecule has 27 heavy (non-hydrogen) atoms. The molecule has 0 bridgehead atoms. The summed E-state index contributed by atoms with van der Waals surface area (Å²) in [6.07, 6.45) is 6.06. The molecule has 4 nitrogen and oxygen atoms in total. The lowest BCUT2D eigenvalue weighted by atomic mass is 10.0. The van der Waals surface area contributed by atoms with Crippen molar-refractivity contribution in [3.05, 3.63) is 72.6 Å². The number of piperidine rings is 1. The van der Waals surface area contributed by atoms with Crippen LogP contribution in [0.2, 0.25) is 0 Å². The number of nitrogens with zero attached hydrogens (tertiary/aromatic N) is 3. The first-order valence-electron chi connectivity index (χ1n) is 9.49. The maximum atomic E-state index is 13.4. The van der Waals surface area contributed by atoms with Crippen LogP contribution in [0.3, 0.4) is 0 Å². The molecule has 0 spiro atoms. The number of nitrogens with one attached hydrogen (secondary N) is 1. The number of benzene rings is 2. The Morgan fingerprint density at radius 1 is 1.07 bits per heavy atom. The second-order valence-corrected chi connectivity index (χ2v) is 7.15. The first kappa shape index (κ1) is 17.7. The van der Waals surface area contributed by atoms with Crippen molar-refractivity contribution in [2.24, 2.45) is 7.05 Å². The molecular weight excluding hydrogens is 339 g/mol. The van der Waals surface area contributed by atoms with Crippen molar-refractivity contribution in [2.75, 3.05) is 18.0 Å². The minimum Gasteiger partial charge on any atom is -0.371 e. The van der Waals surface area contributed by atoms with Crippen LogP contribution in [0.4, 0.5) is 10.1 Å². The highest BCUT2D eigenvalue weighted by Crippen LogP contribution is 2.25. The standard InChI is InChI=1S/C22H25FN4/c1-26-14-11-24-22(26)16-25-20-9-12-27(13-10-20)21-7-5-17(6-8-21)18-3-2-4-19(23)15-18/h2-8,11,14-15,20,25H,9-10,12-13,16H2,1H3. The normalized spacial score (nSPS) is 15.3. The van der Waals surface area contributed by atoms with Gasteiger partial charge >= 0.3 is 0 Å². The van der Waals surface area contributed by atoms with Gasteiger partial charge in [0.2, 0.25) is 0 Å². The summed E-state index contributed by atoms with van der Waals surface area (Å²) in [4.78, 5) is 6.79. The van der Waals surface area contributed by atoms with Crippen LogP contribution in [0.15, 0.2) is 60.9 Å². The van der Waals surface area contributed by atoms with Gasteiger partial charge in [0.1, 0.15) is 11.6 Å². The lowest BCUT2D eigenvalue weighted by molar-refractivity contribution is 0.407. The average molecular weight is 364 g/mol. The lowest BCUT2D eigenvalue weighted by Crippen LogP contribution is -2.42. The van der Waals surface area contributed by atoms with Crippen LogP contribution in [-0.4, -0.2) is 28.7 Å². The van der Waals surface area contributed by atoms with Crippen molar-refractivity contribution in [1.82, 2.24) is 14.9 Å². The molecule has 0 amide bonds. The molecule has 1 aromatic heterocycles. The van der Waals surface area contributed by atoms with Crippen molar-refractivity contribution in [2.45, 2.75) is 25.4 Å². The van der Waals surface area contributed by atoms with Gasteiger partial charge in [-0.15, -0.1) is 0 Å². The van der Waals surface area contributed by atoms with Crippen LogP contribution >= 0.6 is 0 Å². The Morgan fingerprint density at radius 2 is 1.85 bits per heavy atom. The molecule has 1 aliphatic rings. The zero-order chi connectivity index (χ0) is 18.6. The van der Waals surface area contributed by atoms with Gasteiger partial charge < -0.3 is 14.8 Å². The number of hydrogen-bond donors (Lipinski definition) is 1. The van der Waals surface area contributed by atoms with E-state index in [1.54, 1.807) is 12.1 Å². The number of anilines is 1. The van der Waals surface area contributed by atoms with Crippen LogP contribution in [0.25, 0.3) is 11.1 Å². The third kappa shape index (κ3) is 4.19. The third-order valence-corrected chi connectivity index (χ3v) is 5.36. The molecule has 5 heteroatoms. The molecule has 0 radical (unpaired) electrons. The minimum absolute atomic E-state index is 0.198. The summed E-state index contributed by atoms with van der Waals surface area (Å²) in [7, 11) is 2.03. The van der Waals surface area contributed by atoms with E-state index >= 15 is 0 Å². The van der Waals surface area contributed by atoms with E-state index in [9.17, 15) is 4.39 Å². The van der Waals surface area contributed by atoms with Crippen molar-refractivity contribution in [1.29, 1.82) is 0 Å². The van der Waals surface area contributed by atoms with Crippen molar-refractivity contribution in [3.63, 3.8) is 0 Å². The number of imidazole rings is 1. The summed E-state index contributed by atoms with van der Waals surface area (Å²) in [5.74, 6) is 0.877. The van der Waals surface area contributed by atoms with E-state index in [1.807, 2.05) is 25.5 Å². The molecule has 2 aromatic carbocycles. The molecule has 1 N–H and O–H groups in total. The van der Waals surface area contributed by atoms with E-state index in [-0.39, 0.29) is 5.82 Å². The van der Waals surface area contributed by atoms with Gasteiger partial charge in [-0.25, -0.2) is 9.37 Å². The molecule has 1 fully saturated rings. The largest absolute Gasteiger partial charge is 0.371 e. The Hall–Kier alpha value is -2.66. The summed E-state index contributed by atoms with van der Waals surface area (Å²) in [5, 5.41) is 3.63. The van der Waals surface area contributed by atoms with E-state index in [0.717, 1.165) is 49.4 Å². The number of rotatable bonds is 5. The summed E-state index contributed by atoms with van der Waals surface area (Å²) < 4.78 is 15.5. The first-order valence-corrected chi connectivity index (χ1v) is 9.49. The topological polar surface area (TPSA) is 33.1 Å². The van der Waals surface area contributed by atoms with Gasteiger partial charge in [0.05, 0.1) is 6.54 Å². The second-order valence-electron chi connectivity index (χ2n) is 7.15. The average Bonchev–Trinajstić information content (AvgIpc) is 3.12. The number of aryl methyl sites for hydroxylation is 1. The summed E-state index contributed by atoms with van der Waals surface area (Å²) in [5.41, 5.74) is 3.20. The lowest BCUT2D eigenvalue weighted by Gasteiger charge is -2.34. The van der Waals surface area contributed by atoms with Gasteiger partial charge in [0.25, 0.3) is 0 Å². The molecule has 0 aliphatic carbocycles. The fourth-order valence-electron chi connectivity index (χ4n) is 3.68. The third-order valence-electron chi connectivity index (χ3n) is 5.36. The van der Waals surface area contributed by atoms with Crippen molar-refractivity contribution >= 4 is 5.69 Å². The Balaban J connectivity index is 1.32. The van der Waals surface area contributed by atoms with Gasteiger partial charge in [-0.3, -0.25) is 0 Å². The molecule has 140 valence electrons. The fraction of sp³-hybridized carbons (Fsp3) is 0.318. The molecule has 3 aromatic rings. The van der Waals surface area contributed by atoms with Gasteiger partial charge in [0, 0.05) is 44.3 Å². The monoisotopic (exact) mass is 364 g/mol. The SMILES string of the molecule is Cn1ccnc1CNC1CCN(c2ccc(-c3cccc(F)c3)cc2)CC1. The van der Waals surface area contributed by atoms with Gasteiger partial charge in [-0.05, 0) is 48.2 Å². The highest BCUT2D eigenvalue weighted by molar-refractivity contribution is 5.66. The van der Waals surface area contributed by atoms with E-state index in [1.165, 1.54) is 11.8 Å². The molecule has 4 rings (SSSR count). The van der Waals surface area contributed by atoms with E-state index in [4.69, 9.17) is 0 Å². The van der Waals surface area contributed by atoms with Crippen LogP contribution in [0.1, 0.15) is 18.7 Å². The molecule has 1 aliphatic heterocycles. The maximum absolute atomic E-state index is 13.4. The maximum Gasteiger partial charge on any atom is 0.123 e. The van der Waals surface area contributed by atoms with E-state index in [2.05, 4.69) is 44.0 Å². The fourth-order valence-corrected chi connectivity index (χ4v) is 3.68. The Bertz CT molecular complexity index is 879. The summed E-state index contributed by atoms with van der Waals surface area (Å²) in [6, 6.07) is 15.7. The quantitative estimate of drug-likeness (QED) is 0.743. The van der Waals surface area contributed by atoms with Gasteiger partial charge in [-0.1, -0.05) is 24.3 Å². The van der Waals surface area contributed by atoms with Crippen LogP contribution < -0.4 is 10.2 Å². The molecule has 1 saturated heterocycles. The van der Waals surface area contributed by atoms with Gasteiger partial charge in [0.15, 0.2) is 0 Å². The minimum atomic E-state index is -0.198. The Morgan fingerprint density at radius 3 is 2.52 bits per heavy atom. The predicted octanol–water partition coefficient (Wildman–Crippen LogP) is 3.98. The van der Waals surface area contributed by atoms with Crippen LogP contribution in [-0.2, 0) is 13.6 Å². The Labute approximate surface area is 159 Å². The van der Waals surface area contributed by atoms with Crippen LogP contribution in [0.5, 0.6) is 0 Å². The smallest absolute Gasteiger partial charge is 0.123 e. The molecule has 2 heterocycles.